The molecule has 1 aliphatic heterocycles. The summed E-state index contributed by atoms with van der Waals surface area (Å²) in [5.74, 6) is 0.679. The van der Waals surface area contributed by atoms with Gasteiger partial charge in [-0.2, -0.15) is 0 Å². The third-order valence-corrected chi connectivity index (χ3v) is 4.91. The maximum Gasteiger partial charge on any atom is 0.228 e. The molecule has 3 heterocycles. The number of amides is 1. The highest BCUT2D eigenvalue weighted by molar-refractivity contribution is 7.09. The lowest BCUT2D eigenvalue weighted by molar-refractivity contribution is -0.131. The highest BCUT2D eigenvalue weighted by Gasteiger charge is 2.22. The maximum absolute atomic E-state index is 12.8. The Morgan fingerprint density at radius 3 is 3.09 bits per heavy atom. The molecule has 2 aromatic heterocycles. The number of hydrogen-bond acceptors (Lipinski definition) is 5. The van der Waals surface area contributed by atoms with Gasteiger partial charge in [0.15, 0.2) is 0 Å². The van der Waals surface area contributed by atoms with E-state index in [9.17, 15) is 4.79 Å². The Labute approximate surface area is 140 Å². The fourth-order valence-electron chi connectivity index (χ4n) is 2.90. The third-order valence-electron chi connectivity index (χ3n) is 4.09. The number of carbonyl (C=O) groups is 1. The second-order valence-corrected chi connectivity index (χ2v) is 7.09. The Bertz CT molecular complexity index is 637. The predicted octanol–water partition coefficient (Wildman–Crippen LogP) is 2.03. The number of nitrogens with zero attached hydrogens (tertiary/aromatic N) is 3. The number of aromatic nitrogens is 2. The normalized spacial score (nSPS) is 17.3. The van der Waals surface area contributed by atoms with Gasteiger partial charge in [-0.3, -0.25) is 9.78 Å². The van der Waals surface area contributed by atoms with Crippen molar-refractivity contribution in [1.29, 1.82) is 0 Å². The number of aryl methyl sites for hydroxylation is 1. The minimum atomic E-state index is 0.144. The second kappa shape index (κ2) is 7.66. The molecule has 0 saturated carbocycles. The van der Waals surface area contributed by atoms with Crippen LogP contribution in [-0.2, 0) is 17.8 Å². The summed E-state index contributed by atoms with van der Waals surface area (Å²) in [6.07, 6.45) is 5.10. The molecule has 23 heavy (non-hydrogen) atoms. The molecule has 1 aliphatic rings. The van der Waals surface area contributed by atoms with Crippen LogP contribution in [0, 0.1) is 12.8 Å². The van der Waals surface area contributed by atoms with Crippen molar-refractivity contribution in [1.82, 2.24) is 20.2 Å². The van der Waals surface area contributed by atoms with Gasteiger partial charge in [0.1, 0.15) is 0 Å². The van der Waals surface area contributed by atoms with Crippen molar-refractivity contribution in [2.45, 2.75) is 26.3 Å². The first-order valence-electron chi connectivity index (χ1n) is 7.99. The van der Waals surface area contributed by atoms with Gasteiger partial charge in [0.2, 0.25) is 5.91 Å². The molecule has 0 spiro atoms. The summed E-state index contributed by atoms with van der Waals surface area (Å²) < 4.78 is 0. The molecule has 0 aromatic carbocycles. The number of pyridine rings is 1. The molecule has 1 saturated heterocycles. The number of nitrogens with one attached hydrogen (secondary N) is 1. The molecular weight excluding hydrogens is 308 g/mol. The highest BCUT2D eigenvalue weighted by Crippen LogP contribution is 2.15. The van der Waals surface area contributed by atoms with Gasteiger partial charge in [-0.25, -0.2) is 4.98 Å². The molecule has 0 bridgehead atoms. The fourth-order valence-corrected chi connectivity index (χ4v) is 3.52. The quantitative estimate of drug-likeness (QED) is 0.880. The summed E-state index contributed by atoms with van der Waals surface area (Å²) in [4.78, 5) is 23.3. The van der Waals surface area contributed by atoms with Gasteiger partial charge in [-0.15, -0.1) is 11.3 Å². The van der Waals surface area contributed by atoms with Gasteiger partial charge in [-0.1, -0.05) is 6.07 Å². The molecule has 1 unspecified atom stereocenters. The van der Waals surface area contributed by atoms with E-state index < -0.39 is 0 Å². The van der Waals surface area contributed by atoms with Crippen LogP contribution in [0.2, 0.25) is 0 Å². The van der Waals surface area contributed by atoms with Gasteiger partial charge in [-0.05, 0) is 44.0 Å². The van der Waals surface area contributed by atoms with Crippen LogP contribution in [0.5, 0.6) is 0 Å². The van der Waals surface area contributed by atoms with Crippen LogP contribution in [0.4, 0.5) is 0 Å². The van der Waals surface area contributed by atoms with Crippen molar-refractivity contribution in [2.24, 2.45) is 5.92 Å². The van der Waals surface area contributed by atoms with Crippen molar-refractivity contribution >= 4 is 17.2 Å². The second-order valence-electron chi connectivity index (χ2n) is 6.03. The summed E-state index contributed by atoms with van der Waals surface area (Å²) in [5.41, 5.74) is 1.94. The molecular formula is C17H22N4OS. The van der Waals surface area contributed by atoms with E-state index in [-0.39, 0.29) is 5.91 Å². The predicted molar refractivity (Wildman–Crippen MR) is 91.2 cm³/mol. The molecule has 6 heteroatoms. The van der Waals surface area contributed by atoms with Gasteiger partial charge in [0.05, 0.1) is 17.1 Å². The van der Waals surface area contributed by atoms with E-state index in [1.165, 1.54) is 0 Å². The zero-order chi connectivity index (χ0) is 16.1. The minimum absolute atomic E-state index is 0.144. The summed E-state index contributed by atoms with van der Waals surface area (Å²) in [6, 6.07) is 3.94. The Morgan fingerprint density at radius 1 is 1.52 bits per heavy atom. The van der Waals surface area contributed by atoms with Crippen LogP contribution < -0.4 is 5.32 Å². The topological polar surface area (TPSA) is 58.1 Å². The summed E-state index contributed by atoms with van der Waals surface area (Å²) in [6.45, 7) is 5.42. The van der Waals surface area contributed by atoms with Crippen LogP contribution in [-0.4, -0.2) is 40.4 Å². The van der Waals surface area contributed by atoms with Crippen LogP contribution >= 0.6 is 11.3 Å². The lowest BCUT2D eigenvalue weighted by Crippen LogP contribution is -2.36. The number of thiazole rings is 1. The van der Waals surface area contributed by atoms with Gasteiger partial charge in [0, 0.05) is 30.9 Å². The molecule has 5 nitrogen and oxygen atoms in total. The monoisotopic (exact) mass is 330 g/mol. The number of hydrogen-bond donors (Lipinski definition) is 1. The average molecular weight is 330 g/mol. The molecule has 1 N–H and O–H groups in total. The average Bonchev–Trinajstić information content (AvgIpc) is 3.19. The molecule has 1 fully saturated rings. The Hall–Kier alpha value is -1.79. The van der Waals surface area contributed by atoms with E-state index in [4.69, 9.17) is 0 Å². The van der Waals surface area contributed by atoms with E-state index in [2.05, 4.69) is 15.3 Å². The molecule has 3 rings (SSSR count). The van der Waals surface area contributed by atoms with Crippen LogP contribution in [0.25, 0.3) is 0 Å². The molecule has 2 aromatic rings. The van der Waals surface area contributed by atoms with Crippen LogP contribution in [0.3, 0.4) is 0 Å². The van der Waals surface area contributed by atoms with E-state index in [0.717, 1.165) is 42.3 Å². The summed E-state index contributed by atoms with van der Waals surface area (Å²) in [5, 5.41) is 6.36. The zero-order valence-corrected chi connectivity index (χ0v) is 14.2. The third kappa shape index (κ3) is 4.59. The van der Waals surface area contributed by atoms with Crippen LogP contribution in [0.15, 0.2) is 29.9 Å². The summed E-state index contributed by atoms with van der Waals surface area (Å²) >= 11 is 1.59. The van der Waals surface area contributed by atoms with Gasteiger partial charge >= 0.3 is 0 Å². The van der Waals surface area contributed by atoms with E-state index in [1.54, 1.807) is 17.5 Å². The van der Waals surface area contributed by atoms with Gasteiger partial charge in [0.25, 0.3) is 0 Å². The smallest absolute Gasteiger partial charge is 0.228 e. The minimum Gasteiger partial charge on any atom is -0.338 e. The van der Waals surface area contributed by atoms with E-state index in [1.807, 2.05) is 35.5 Å². The summed E-state index contributed by atoms with van der Waals surface area (Å²) in [7, 11) is 0. The highest BCUT2D eigenvalue weighted by atomic mass is 32.1. The van der Waals surface area contributed by atoms with E-state index in [0.29, 0.717) is 18.9 Å². The maximum atomic E-state index is 12.8. The Morgan fingerprint density at radius 2 is 2.43 bits per heavy atom. The largest absolute Gasteiger partial charge is 0.338 e. The van der Waals surface area contributed by atoms with Crippen molar-refractivity contribution in [2.75, 3.05) is 19.6 Å². The first kappa shape index (κ1) is 16.1. The van der Waals surface area contributed by atoms with Crippen LogP contribution in [0.1, 0.15) is 22.7 Å². The molecule has 0 aliphatic carbocycles. The van der Waals surface area contributed by atoms with E-state index >= 15 is 0 Å². The molecule has 0 radical (unpaired) electrons. The van der Waals surface area contributed by atoms with Gasteiger partial charge < -0.3 is 10.2 Å². The lowest BCUT2D eigenvalue weighted by atomic mass is 10.1. The first-order valence-corrected chi connectivity index (χ1v) is 8.87. The first-order chi connectivity index (χ1) is 11.2. The fraction of sp³-hybridized carbons (Fsp3) is 0.471. The standard InChI is InChI=1S/C17H22N4OS/c1-13-20-16(12-23-13)7-17(22)21(11-15-4-6-19-9-15)10-14-3-2-5-18-8-14/h2-3,5,8,12,15,19H,4,6-7,9-11H2,1H3. The van der Waals surface area contributed by atoms with Crippen molar-refractivity contribution in [3.63, 3.8) is 0 Å². The molecule has 1 atom stereocenters. The Balaban J connectivity index is 1.68. The molecule has 1 amide bonds. The van der Waals surface area contributed by atoms with Crippen molar-refractivity contribution in [3.8, 4) is 0 Å². The van der Waals surface area contributed by atoms with Crippen molar-refractivity contribution < 1.29 is 4.79 Å². The van der Waals surface area contributed by atoms with Crippen molar-refractivity contribution in [3.05, 3.63) is 46.2 Å². The Kier molecular flexibility index (Phi) is 5.35. The SMILES string of the molecule is Cc1nc(CC(=O)N(Cc2cccnc2)CC2CCNC2)cs1. The zero-order valence-electron chi connectivity index (χ0n) is 13.4. The number of carbonyl (C=O) groups excluding carboxylic acids is 1. The number of rotatable bonds is 6. The lowest BCUT2D eigenvalue weighted by Gasteiger charge is -2.25. The molecule has 122 valence electrons.